The summed E-state index contributed by atoms with van der Waals surface area (Å²) >= 11 is 6.63. The molecule has 2 aromatic carbocycles. The van der Waals surface area contributed by atoms with Gasteiger partial charge in [-0.15, -0.1) is 0 Å². The highest BCUT2D eigenvalue weighted by Gasteiger charge is 2.33. The molecule has 4 heterocycles. The van der Waals surface area contributed by atoms with Crippen LogP contribution in [0.4, 0.5) is 4.39 Å². The van der Waals surface area contributed by atoms with Crippen LogP contribution in [0.2, 0.25) is 5.02 Å². The van der Waals surface area contributed by atoms with E-state index in [1.165, 1.54) is 4.68 Å². The highest BCUT2D eigenvalue weighted by Crippen LogP contribution is 2.36. The van der Waals surface area contributed by atoms with Gasteiger partial charge >= 0.3 is 5.97 Å². The van der Waals surface area contributed by atoms with Crippen molar-refractivity contribution in [2.45, 2.75) is 38.5 Å². The Balaban J connectivity index is 1.40. The molecule has 0 amide bonds. The lowest BCUT2D eigenvalue weighted by atomic mass is 10.00. The molecule has 2 aromatic heterocycles. The number of imidazole rings is 1. The van der Waals surface area contributed by atoms with E-state index in [1.807, 2.05) is 28.8 Å². The summed E-state index contributed by atoms with van der Waals surface area (Å²) in [5.74, 6) is -0.991. The minimum absolute atomic E-state index is 0.0290. The minimum Gasteiger partial charge on any atom is -0.464 e. The van der Waals surface area contributed by atoms with Crippen LogP contribution in [0.3, 0.4) is 0 Å². The van der Waals surface area contributed by atoms with E-state index in [0.29, 0.717) is 33.8 Å². The van der Waals surface area contributed by atoms with Crippen LogP contribution in [0.1, 0.15) is 42.4 Å². The monoisotopic (exact) mass is 523 g/mol. The Morgan fingerprint density at radius 1 is 1.35 bits per heavy atom. The normalized spacial score (nSPS) is 18.2. The standard InChI is InChI=1S/C27H27ClFN5O3/c1-2-36-27(35)26(25-21-4-3-10-33(21)15-31-25)34-14-19-20(28)12-18(23(29)24(19)32-34)16-5-7-17(8-6-16)22-13-30-9-11-37-22/h5-8,12,14-15,22,26,30H,2-4,9-11,13H2,1H3. The molecule has 8 nitrogen and oxygen atoms in total. The lowest BCUT2D eigenvalue weighted by molar-refractivity contribution is -0.146. The molecule has 0 aliphatic carbocycles. The minimum atomic E-state index is -0.927. The van der Waals surface area contributed by atoms with E-state index in [4.69, 9.17) is 21.1 Å². The maximum absolute atomic E-state index is 15.9. The first-order chi connectivity index (χ1) is 18.0. The second kappa shape index (κ2) is 9.89. The molecule has 0 bridgehead atoms. The molecule has 6 rings (SSSR count). The van der Waals surface area contributed by atoms with E-state index < -0.39 is 17.8 Å². The molecular formula is C27H27ClFN5O3. The summed E-state index contributed by atoms with van der Waals surface area (Å²) in [7, 11) is 0. The number of carbonyl (C=O) groups excluding carboxylic acids is 1. The van der Waals surface area contributed by atoms with E-state index in [-0.39, 0.29) is 18.2 Å². The van der Waals surface area contributed by atoms with Crippen molar-refractivity contribution in [1.29, 1.82) is 0 Å². The van der Waals surface area contributed by atoms with Gasteiger partial charge in [0.2, 0.25) is 0 Å². The molecule has 37 heavy (non-hydrogen) atoms. The molecule has 1 N–H and O–H groups in total. The Morgan fingerprint density at radius 3 is 2.95 bits per heavy atom. The van der Waals surface area contributed by atoms with E-state index in [0.717, 1.165) is 43.7 Å². The number of hydrogen-bond acceptors (Lipinski definition) is 6. The van der Waals surface area contributed by atoms with Crippen LogP contribution in [0.15, 0.2) is 42.9 Å². The lowest BCUT2D eigenvalue weighted by Gasteiger charge is -2.24. The molecule has 0 saturated carbocycles. The van der Waals surface area contributed by atoms with Crippen molar-refractivity contribution in [3.05, 3.63) is 70.6 Å². The molecule has 1 fully saturated rings. The van der Waals surface area contributed by atoms with Crippen LogP contribution in [0.25, 0.3) is 22.0 Å². The summed E-state index contributed by atoms with van der Waals surface area (Å²) in [5, 5.41) is 8.60. The largest absolute Gasteiger partial charge is 0.464 e. The molecule has 0 radical (unpaired) electrons. The molecule has 2 aliphatic heterocycles. The van der Waals surface area contributed by atoms with Gasteiger partial charge in [0.15, 0.2) is 11.9 Å². The fourth-order valence-corrected chi connectivity index (χ4v) is 5.47. The average Bonchev–Trinajstić information content (AvgIpc) is 3.65. The highest BCUT2D eigenvalue weighted by atomic mass is 35.5. The zero-order valence-corrected chi connectivity index (χ0v) is 21.2. The third-order valence-electron chi connectivity index (χ3n) is 7.05. The van der Waals surface area contributed by atoms with E-state index in [1.54, 1.807) is 25.5 Å². The van der Waals surface area contributed by atoms with Gasteiger partial charge in [0, 0.05) is 42.5 Å². The van der Waals surface area contributed by atoms with Crippen molar-refractivity contribution in [2.75, 3.05) is 26.3 Å². The first kappa shape index (κ1) is 24.1. The fraction of sp³-hybridized carbons (Fsp3) is 0.370. The summed E-state index contributed by atoms with van der Waals surface area (Å²) in [6.07, 6.45) is 5.09. The van der Waals surface area contributed by atoms with Gasteiger partial charge in [0.25, 0.3) is 0 Å². The predicted molar refractivity (Wildman–Crippen MR) is 137 cm³/mol. The lowest BCUT2D eigenvalue weighted by Crippen LogP contribution is -2.33. The van der Waals surface area contributed by atoms with E-state index in [2.05, 4.69) is 15.4 Å². The van der Waals surface area contributed by atoms with Gasteiger partial charge in [-0.25, -0.2) is 14.2 Å². The van der Waals surface area contributed by atoms with Gasteiger partial charge < -0.3 is 19.4 Å². The van der Waals surface area contributed by atoms with Crippen molar-refractivity contribution >= 4 is 28.5 Å². The Morgan fingerprint density at radius 2 is 2.19 bits per heavy atom. The van der Waals surface area contributed by atoms with Crippen molar-refractivity contribution in [3.8, 4) is 11.1 Å². The van der Waals surface area contributed by atoms with Crippen molar-refractivity contribution in [3.63, 3.8) is 0 Å². The SMILES string of the molecule is CCOC(=O)C(c1ncn2c1CCC2)n1cc2c(Cl)cc(-c3ccc(C4CNCCO4)cc3)c(F)c2n1. The zero-order valence-electron chi connectivity index (χ0n) is 20.4. The molecule has 2 unspecified atom stereocenters. The maximum atomic E-state index is 15.9. The molecule has 1 saturated heterocycles. The first-order valence-electron chi connectivity index (χ1n) is 12.5. The molecule has 2 aliphatic rings. The zero-order chi connectivity index (χ0) is 25.5. The van der Waals surface area contributed by atoms with Crippen LogP contribution in [0, 0.1) is 5.82 Å². The molecule has 10 heteroatoms. The second-order valence-corrected chi connectivity index (χ2v) is 9.71. The fourth-order valence-electron chi connectivity index (χ4n) is 5.22. The summed E-state index contributed by atoms with van der Waals surface area (Å²) < 4.78 is 30.5. The summed E-state index contributed by atoms with van der Waals surface area (Å²) in [5.41, 5.74) is 3.69. The van der Waals surface area contributed by atoms with Gasteiger partial charge in [0.1, 0.15) is 5.52 Å². The van der Waals surface area contributed by atoms with Crippen LogP contribution in [-0.4, -0.2) is 51.6 Å². The molecule has 192 valence electrons. The predicted octanol–water partition coefficient (Wildman–Crippen LogP) is 4.45. The van der Waals surface area contributed by atoms with Crippen LogP contribution in [0.5, 0.6) is 0 Å². The van der Waals surface area contributed by atoms with E-state index >= 15 is 4.39 Å². The Kier molecular flexibility index (Phi) is 6.44. The number of nitrogens with zero attached hydrogens (tertiary/aromatic N) is 4. The number of benzene rings is 2. The van der Waals surface area contributed by atoms with Crippen molar-refractivity contribution < 1.29 is 18.7 Å². The quantitative estimate of drug-likeness (QED) is 0.376. The molecular weight excluding hydrogens is 497 g/mol. The summed E-state index contributed by atoms with van der Waals surface area (Å²) in [4.78, 5) is 17.6. The van der Waals surface area contributed by atoms with Gasteiger partial charge in [-0.2, -0.15) is 5.10 Å². The number of esters is 1. The number of morpholine rings is 1. The van der Waals surface area contributed by atoms with Gasteiger partial charge in [-0.05, 0) is 37.0 Å². The van der Waals surface area contributed by atoms with Crippen LogP contribution in [-0.2, 0) is 27.2 Å². The smallest absolute Gasteiger partial charge is 0.337 e. The number of aromatic nitrogens is 4. The average molecular weight is 524 g/mol. The molecule has 0 spiro atoms. The first-order valence-corrected chi connectivity index (χ1v) is 12.9. The summed E-state index contributed by atoms with van der Waals surface area (Å²) in [6.45, 7) is 5.05. The summed E-state index contributed by atoms with van der Waals surface area (Å²) in [6, 6.07) is 8.29. The third kappa shape index (κ3) is 4.31. The Bertz CT molecular complexity index is 1460. The van der Waals surface area contributed by atoms with Gasteiger partial charge in [-0.1, -0.05) is 35.9 Å². The molecule has 4 aromatic rings. The maximum Gasteiger partial charge on any atom is 0.337 e. The number of ether oxygens (including phenoxy) is 2. The van der Waals surface area contributed by atoms with Crippen LogP contribution >= 0.6 is 11.6 Å². The number of nitrogens with one attached hydrogen (secondary N) is 1. The van der Waals surface area contributed by atoms with Crippen molar-refractivity contribution in [1.82, 2.24) is 24.6 Å². The Labute approximate surface area is 218 Å². The highest BCUT2D eigenvalue weighted by molar-refractivity contribution is 6.35. The number of aryl methyl sites for hydroxylation is 1. The van der Waals surface area contributed by atoms with Crippen molar-refractivity contribution in [2.24, 2.45) is 0 Å². The van der Waals surface area contributed by atoms with Gasteiger partial charge in [0.05, 0.1) is 36.4 Å². The van der Waals surface area contributed by atoms with Gasteiger partial charge in [-0.3, -0.25) is 4.68 Å². The topological polar surface area (TPSA) is 83.2 Å². The third-order valence-corrected chi connectivity index (χ3v) is 7.36. The van der Waals surface area contributed by atoms with Crippen LogP contribution < -0.4 is 5.32 Å². The molecule has 2 atom stereocenters. The number of halogens is 2. The number of fused-ring (bicyclic) bond motifs is 2. The number of carbonyl (C=O) groups is 1. The van der Waals surface area contributed by atoms with E-state index in [9.17, 15) is 4.79 Å². The number of hydrogen-bond donors (Lipinski definition) is 1. The number of rotatable bonds is 6. The second-order valence-electron chi connectivity index (χ2n) is 9.30. The Hall–Kier alpha value is -3.27.